The van der Waals surface area contributed by atoms with Crippen LogP contribution in [0.1, 0.15) is 6.42 Å². The Kier molecular flexibility index (Phi) is 3.76. The number of nitrogens with two attached hydrogens (primary N) is 1. The number of rotatable bonds is 4. The minimum atomic E-state index is -0.425. The highest BCUT2D eigenvalue weighted by Crippen LogP contribution is 2.23. The van der Waals surface area contributed by atoms with Gasteiger partial charge in [-0.15, -0.1) is 0 Å². The predicted molar refractivity (Wildman–Crippen MR) is 68.1 cm³/mol. The first-order chi connectivity index (χ1) is 8.08. The average molecular weight is 256 g/mol. The molecule has 0 spiro atoms. The predicted octanol–water partition coefficient (Wildman–Crippen LogP) is 0.881. The van der Waals surface area contributed by atoms with Crippen molar-refractivity contribution in [2.45, 2.75) is 19.3 Å². The average Bonchev–Trinajstić information content (AvgIpc) is 2.21. The highest BCUT2D eigenvalue weighted by atomic mass is 35.5. The van der Waals surface area contributed by atoms with Gasteiger partial charge in [0.15, 0.2) is 5.15 Å². The summed E-state index contributed by atoms with van der Waals surface area (Å²) in [5, 5.41) is 9.72. The van der Waals surface area contributed by atoms with E-state index in [0.29, 0.717) is 18.0 Å². The summed E-state index contributed by atoms with van der Waals surface area (Å²) in [4.78, 5) is 5.89. The van der Waals surface area contributed by atoms with E-state index in [0.717, 1.165) is 13.0 Å². The molecular weight excluding hydrogens is 240 g/mol. The molecule has 5 nitrogen and oxygen atoms in total. The molecule has 1 fully saturated rings. The zero-order valence-electron chi connectivity index (χ0n) is 9.64. The van der Waals surface area contributed by atoms with Gasteiger partial charge >= 0.3 is 7.05 Å². The van der Waals surface area contributed by atoms with Gasteiger partial charge in [0, 0.05) is 12.1 Å². The Morgan fingerprint density at radius 1 is 1.76 bits per heavy atom. The van der Waals surface area contributed by atoms with Gasteiger partial charge in [-0.25, -0.2) is 4.98 Å². The Morgan fingerprint density at radius 2 is 2.53 bits per heavy atom. The summed E-state index contributed by atoms with van der Waals surface area (Å²) in [5.41, 5.74) is 6.03. The third-order valence-electron chi connectivity index (χ3n) is 2.95. The first-order valence-electron chi connectivity index (χ1n) is 5.55. The smallest absolute Gasteiger partial charge is 0.376 e. The van der Waals surface area contributed by atoms with Crippen molar-refractivity contribution >= 4 is 24.3 Å². The fourth-order valence-electron chi connectivity index (χ4n) is 1.85. The number of halogens is 1. The van der Waals surface area contributed by atoms with E-state index in [1.54, 1.807) is 19.1 Å². The second-order valence-electron chi connectivity index (χ2n) is 4.17. The molecular formula is C10H15BClN3O2. The van der Waals surface area contributed by atoms with Crippen molar-refractivity contribution in [2.75, 3.05) is 18.9 Å². The first-order valence-corrected chi connectivity index (χ1v) is 5.93. The number of nitrogen functional groups attached to an aromatic ring is 1. The van der Waals surface area contributed by atoms with Crippen LogP contribution in [-0.4, -0.2) is 41.1 Å². The van der Waals surface area contributed by atoms with Crippen LogP contribution in [0.15, 0.2) is 12.3 Å². The lowest BCUT2D eigenvalue weighted by Gasteiger charge is -2.41. The van der Waals surface area contributed by atoms with Gasteiger partial charge in [0.25, 0.3) is 0 Å². The van der Waals surface area contributed by atoms with Crippen LogP contribution in [0.2, 0.25) is 12.0 Å². The number of ether oxygens (including phenoxy) is 1. The Balaban J connectivity index is 1.88. The summed E-state index contributed by atoms with van der Waals surface area (Å²) in [6, 6.07) is 1.91. The number of anilines is 1. The molecule has 0 aliphatic carbocycles. The van der Waals surface area contributed by atoms with Gasteiger partial charge in [-0.3, -0.25) is 0 Å². The number of pyridine rings is 1. The summed E-state index contributed by atoms with van der Waals surface area (Å²) in [6.45, 7) is 3.19. The van der Waals surface area contributed by atoms with Crippen LogP contribution >= 0.6 is 11.6 Å². The van der Waals surface area contributed by atoms with E-state index in [2.05, 4.69) is 4.98 Å². The standard InChI is InChI=1S/C10H15BClN3O2/c1-11(16)15-3-2-7(15)6-17-8-4-9(13)10(12)14-5-8/h4-5,7,16H,2-3,6,13H2,1H3/t7-/m0/s1. The molecule has 7 heteroatoms. The highest BCUT2D eigenvalue weighted by molar-refractivity contribution is 6.45. The molecule has 0 radical (unpaired) electrons. The van der Waals surface area contributed by atoms with Gasteiger partial charge in [0.2, 0.25) is 0 Å². The lowest BCUT2D eigenvalue weighted by Crippen LogP contribution is -2.57. The molecule has 2 heterocycles. The summed E-state index contributed by atoms with van der Waals surface area (Å²) in [5.74, 6) is 0.601. The van der Waals surface area contributed by atoms with Crippen molar-refractivity contribution in [3.05, 3.63) is 17.4 Å². The monoisotopic (exact) mass is 255 g/mol. The van der Waals surface area contributed by atoms with Gasteiger partial charge in [-0.05, 0) is 19.8 Å². The number of hydrogen-bond acceptors (Lipinski definition) is 5. The maximum atomic E-state index is 9.44. The molecule has 1 saturated heterocycles. The molecule has 0 aromatic carbocycles. The molecule has 1 aliphatic rings. The van der Waals surface area contributed by atoms with Crippen molar-refractivity contribution in [1.82, 2.24) is 9.79 Å². The normalized spacial score (nSPS) is 19.8. The fraction of sp³-hybridized carbons (Fsp3) is 0.500. The van der Waals surface area contributed by atoms with E-state index in [4.69, 9.17) is 22.1 Å². The molecule has 1 atom stereocenters. The Labute approximate surface area is 106 Å². The zero-order chi connectivity index (χ0) is 12.4. The van der Waals surface area contributed by atoms with Crippen LogP contribution in [0.3, 0.4) is 0 Å². The lowest BCUT2D eigenvalue weighted by molar-refractivity contribution is 0.110. The molecule has 3 N–H and O–H groups in total. The highest BCUT2D eigenvalue weighted by Gasteiger charge is 2.33. The van der Waals surface area contributed by atoms with Crippen LogP contribution < -0.4 is 10.5 Å². The van der Waals surface area contributed by atoms with Gasteiger partial charge in [-0.1, -0.05) is 11.6 Å². The zero-order valence-corrected chi connectivity index (χ0v) is 10.4. The summed E-state index contributed by atoms with van der Waals surface area (Å²) < 4.78 is 5.57. The Morgan fingerprint density at radius 3 is 3.06 bits per heavy atom. The molecule has 0 amide bonds. The summed E-state index contributed by atoms with van der Waals surface area (Å²) in [7, 11) is -0.425. The second kappa shape index (κ2) is 5.12. The summed E-state index contributed by atoms with van der Waals surface area (Å²) in [6.07, 6.45) is 2.57. The molecule has 0 unspecified atom stereocenters. The lowest BCUT2D eigenvalue weighted by atomic mass is 9.78. The van der Waals surface area contributed by atoms with Gasteiger partial charge in [0.05, 0.1) is 11.9 Å². The minimum absolute atomic E-state index is 0.256. The molecule has 92 valence electrons. The SMILES string of the molecule is CB(O)N1CC[C@H]1COc1cnc(Cl)c(N)c1. The van der Waals surface area contributed by atoms with Crippen molar-refractivity contribution in [3.8, 4) is 5.75 Å². The molecule has 1 aliphatic heterocycles. The van der Waals surface area contributed by atoms with Crippen molar-refractivity contribution < 1.29 is 9.76 Å². The quantitative estimate of drug-likeness (QED) is 0.617. The van der Waals surface area contributed by atoms with Crippen LogP contribution in [0, 0.1) is 0 Å². The maximum Gasteiger partial charge on any atom is 0.376 e. The van der Waals surface area contributed by atoms with Crippen LogP contribution in [0.25, 0.3) is 0 Å². The van der Waals surface area contributed by atoms with E-state index in [1.165, 1.54) is 0 Å². The van der Waals surface area contributed by atoms with E-state index in [9.17, 15) is 5.02 Å². The molecule has 2 rings (SSSR count). The van der Waals surface area contributed by atoms with Crippen LogP contribution in [0.5, 0.6) is 5.75 Å². The molecule has 0 bridgehead atoms. The molecule has 17 heavy (non-hydrogen) atoms. The Hall–Kier alpha value is -0.975. The van der Waals surface area contributed by atoms with Crippen molar-refractivity contribution in [1.29, 1.82) is 0 Å². The van der Waals surface area contributed by atoms with Crippen LogP contribution in [-0.2, 0) is 0 Å². The second-order valence-corrected chi connectivity index (χ2v) is 4.53. The van der Waals surface area contributed by atoms with Crippen molar-refractivity contribution in [2.24, 2.45) is 0 Å². The van der Waals surface area contributed by atoms with Gasteiger partial charge < -0.3 is 20.3 Å². The van der Waals surface area contributed by atoms with E-state index in [1.807, 2.05) is 4.81 Å². The van der Waals surface area contributed by atoms with E-state index >= 15 is 0 Å². The number of hydrogen-bond donors (Lipinski definition) is 2. The van der Waals surface area contributed by atoms with Crippen molar-refractivity contribution in [3.63, 3.8) is 0 Å². The van der Waals surface area contributed by atoms with E-state index in [-0.39, 0.29) is 11.2 Å². The molecule has 1 aromatic rings. The largest absolute Gasteiger partial charge is 0.490 e. The third-order valence-corrected chi connectivity index (χ3v) is 3.27. The third kappa shape index (κ3) is 2.83. The fourth-order valence-corrected chi connectivity index (χ4v) is 1.95. The van der Waals surface area contributed by atoms with Gasteiger partial charge in [-0.2, -0.15) is 0 Å². The Bertz CT molecular complexity index is 405. The number of aromatic nitrogens is 1. The molecule has 1 aromatic heterocycles. The van der Waals surface area contributed by atoms with Gasteiger partial charge in [0.1, 0.15) is 12.4 Å². The topological polar surface area (TPSA) is 71.6 Å². The summed E-state index contributed by atoms with van der Waals surface area (Å²) >= 11 is 5.71. The molecule has 0 saturated carbocycles. The van der Waals surface area contributed by atoms with Crippen LogP contribution in [0.4, 0.5) is 5.69 Å². The first kappa shape index (κ1) is 12.5. The number of nitrogens with zero attached hydrogens (tertiary/aromatic N) is 2. The minimum Gasteiger partial charge on any atom is -0.490 e. The van der Waals surface area contributed by atoms with E-state index < -0.39 is 7.05 Å². The maximum absolute atomic E-state index is 9.44.